The molecule has 1 N–H and O–H groups in total. The molecule has 3 heterocycles. The Morgan fingerprint density at radius 2 is 1.42 bits per heavy atom. The maximum Gasteiger partial charge on any atom is 0.174 e. The van der Waals surface area contributed by atoms with E-state index in [0.717, 1.165) is 40.0 Å². The molecule has 0 aliphatic carbocycles. The Hall–Kier alpha value is -4.62. The van der Waals surface area contributed by atoms with E-state index in [0.29, 0.717) is 5.11 Å². The molecular weight excluding hydrogens is 492 g/mol. The van der Waals surface area contributed by atoms with Crippen molar-refractivity contribution in [1.29, 1.82) is 0 Å². The lowest BCUT2D eigenvalue weighted by Gasteiger charge is -2.29. The fourth-order valence-corrected chi connectivity index (χ4v) is 5.19. The van der Waals surface area contributed by atoms with Crippen molar-refractivity contribution in [1.82, 2.24) is 14.9 Å². The number of ether oxygens (including phenoxy) is 2. The van der Waals surface area contributed by atoms with E-state index in [1.807, 2.05) is 91.1 Å². The van der Waals surface area contributed by atoms with Gasteiger partial charge in [0.15, 0.2) is 5.11 Å². The van der Waals surface area contributed by atoms with E-state index in [2.05, 4.69) is 50.2 Å². The van der Waals surface area contributed by atoms with Crippen LogP contribution >= 0.6 is 12.2 Å². The first kappa shape index (κ1) is 23.8. The Labute approximate surface area is 227 Å². The molecule has 2 atom stereocenters. The first-order valence-electron chi connectivity index (χ1n) is 12.4. The third-order valence-electron chi connectivity index (χ3n) is 6.63. The maximum atomic E-state index is 6.05. The molecular formula is C31H26N4O2S. The van der Waals surface area contributed by atoms with Gasteiger partial charge in [-0.3, -0.25) is 4.98 Å². The van der Waals surface area contributed by atoms with Crippen LogP contribution in [-0.4, -0.2) is 21.8 Å². The summed E-state index contributed by atoms with van der Waals surface area (Å²) in [5.41, 5.74) is 4.10. The van der Waals surface area contributed by atoms with Crippen molar-refractivity contribution in [3.8, 4) is 22.9 Å². The van der Waals surface area contributed by atoms with Gasteiger partial charge in [0.1, 0.15) is 23.3 Å². The molecule has 6 nitrogen and oxygen atoms in total. The number of pyridine rings is 1. The molecule has 0 saturated carbocycles. The standard InChI is InChI=1S/C31H26N4O2S/c1-36-24-16-18-26(19-17-24)37-25-14-12-23(13-15-25)35-30(29(33-31(35)38)27-10-5-6-20-32-27)28-11-7-21-34(28)22-8-3-2-4-9-22/h2-21,29-30H,1H3,(H,33,38)/t29-,30+/m1/s1. The number of rotatable bonds is 7. The SMILES string of the molecule is COc1ccc(Oc2ccc(N3C(=S)N[C@H](c4ccccn4)[C@@H]3c3cccn3-c3ccccc3)cc2)cc1. The summed E-state index contributed by atoms with van der Waals surface area (Å²) in [6.07, 6.45) is 3.91. The molecule has 38 heavy (non-hydrogen) atoms. The lowest BCUT2D eigenvalue weighted by atomic mass is 10.0. The molecule has 0 radical (unpaired) electrons. The lowest BCUT2D eigenvalue weighted by molar-refractivity contribution is 0.413. The van der Waals surface area contributed by atoms with Crippen LogP contribution < -0.4 is 19.7 Å². The van der Waals surface area contributed by atoms with Gasteiger partial charge in [-0.15, -0.1) is 0 Å². The highest BCUT2D eigenvalue weighted by Crippen LogP contribution is 2.42. The van der Waals surface area contributed by atoms with Crippen LogP contribution in [0.3, 0.4) is 0 Å². The molecule has 1 aliphatic rings. The molecule has 0 unspecified atom stereocenters. The monoisotopic (exact) mass is 518 g/mol. The highest BCUT2D eigenvalue weighted by atomic mass is 32.1. The minimum atomic E-state index is -0.128. The van der Waals surface area contributed by atoms with E-state index < -0.39 is 0 Å². The molecule has 0 bridgehead atoms. The van der Waals surface area contributed by atoms with Crippen LogP contribution in [0.4, 0.5) is 5.69 Å². The summed E-state index contributed by atoms with van der Waals surface area (Å²) >= 11 is 5.91. The van der Waals surface area contributed by atoms with E-state index in [4.69, 9.17) is 21.7 Å². The van der Waals surface area contributed by atoms with Gasteiger partial charge in [0.25, 0.3) is 0 Å². The van der Waals surface area contributed by atoms with Crippen LogP contribution in [0.15, 0.2) is 122 Å². The predicted octanol–water partition coefficient (Wildman–Crippen LogP) is 6.85. The average Bonchev–Trinajstić information content (AvgIpc) is 3.59. The third kappa shape index (κ3) is 4.60. The normalized spacial score (nSPS) is 16.8. The van der Waals surface area contributed by atoms with E-state index in [1.54, 1.807) is 7.11 Å². The molecule has 2 aromatic heterocycles. The summed E-state index contributed by atoms with van der Waals surface area (Å²) < 4.78 is 13.5. The highest BCUT2D eigenvalue weighted by molar-refractivity contribution is 7.80. The van der Waals surface area contributed by atoms with Gasteiger partial charge >= 0.3 is 0 Å². The maximum absolute atomic E-state index is 6.05. The topological polar surface area (TPSA) is 51.6 Å². The van der Waals surface area contributed by atoms with Gasteiger partial charge < -0.3 is 24.3 Å². The average molecular weight is 519 g/mol. The van der Waals surface area contributed by atoms with Crippen LogP contribution in [0.25, 0.3) is 5.69 Å². The number of nitrogens with zero attached hydrogens (tertiary/aromatic N) is 3. The molecule has 1 aliphatic heterocycles. The van der Waals surface area contributed by atoms with E-state index in [-0.39, 0.29) is 12.1 Å². The third-order valence-corrected chi connectivity index (χ3v) is 6.94. The Morgan fingerprint density at radius 1 is 0.737 bits per heavy atom. The molecule has 1 fully saturated rings. The van der Waals surface area contributed by atoms with Crippen LogP contribution in [0.2, 0.25) is 0 Å². The minimum absolute atomic E-state index is 0.124. The molecule has 0 spiro atoms. The van der Waals surface area contributed by atoms with Crippen molar-refractivity contribution in [3.63, 3.8) is 0 Å². The van der Waals surface area contributed by atoms with Crippen molar-refractivity contribution < 1.29 is 9.47 Å². The molecule has 5 aromatic rings. The smallest absolute Gasteiger partial charge is 0.174 e. The fourth-order valence-electron chi connectivity index (χ4n) is 4.85. The Kier molecular flexibility index (Phi) is 6.50. The zero-order valence-electron chi connectivity index (χ0n) is 20.8. The van der Waals surface area contributed by atoms with Gasteiger partial charge in [0.2, 0.25) is 0 Å². The lowest BCUT2D eigenvalue weighted by Crippen LogP contribution is -2.30. The van der Waals surface area contributed by atoms with Crippen molar-refractivity contribution in [2.24, 2.45) is 0 Å². The minimum Gasteiger partial charge on any atom is -0.497 e. The van der Waals surface area contributed by atoms with Crippen LogP contribution in [0, 0.1) is 0 Å². The molecule has 3 aromatic carbocycles. The van der Waals surface area contributed by atoms with E-state index in [1.165, 1.54) is 0 Å². The first-order valence-corrected chi connectivity index (χ1v) is 12.8. The number of nitrogens with one attached hydrogen (secondary N) is 1. The number of thiocarbonyl (C=S) groups is 1. The largest absolute Gasteiger partial charge is 0.497 e. The van der Waals surface area contributed by atoms with Gasteiger partial charge in [-0.2, -0.15) is 0 Å². The van der Waals surface area contributed by atoms with Crippen molar-refractivity contribution in [2.45, 2.75) is 12.1 Å². The summed E-state index contributed by atoms with van der Waals surface area (Å²) in [5, 5.41) is 4.19. The molecule has 0 amide bonds. The fraction of sp³-hybridized carbons (Fsp3) is 0.0968. The van der Waals surface area contributed by atoms with Crippen molar-refractivity contribution >= 4 is 23.0 Å². The summed E-state index contributed by atoms with van der Waals surface area (Å²) in [6.45, 7) is 0. The summed E-state index contributed by atoms with van der Waals surface area (Å²) in [5.74, 6) is 2.27. The Bertz CT molecular complexity index is 1520. The number of anilines is 1. The molecule has 188 valence electrons. The van der Waals surface area contributed by atoms with Gasteiger partial charge in [-0.05, 0) is 97.1 Å². The number of para-hydroxylation sites is 1. The number of benzene rings is 3. The van der Waals surface area contributed by atoms with Crippen molar-refractivity contribution in [3.05, 3.63) is 133 Å². The first-order chi connectivity index (χ1) is 18.7. The van der Waals surface area contributed by atoms with Crippen LogP contribution in [-0.2, 0) is 0 Å². The van der Waals surface area contributed by atoms with Crippen LogP contribution in [0.5, 0.6) is 17.2 Å². The van der Waals surface area contributed by atoms with Gasteiger partial charge in [-0.1, -0.05) is 24.3 Å². The second-order valence-electron chi connectivity index (χ2n) is 8.91. The summed E-state index contributed by atoms with van der Waals surface area (Å²) in [7, 11) is 1.65. The Balaban J connectivity index is 1.36. The number of methoxy groups -OCH3 is 1. The van der Waals surface area contributed by atoms with Gasteiger partial charge in [-0.25, -0.2) is 0 Å². The zero-order chi connectivity index (χ0) is 25.9. The molecule has 7 heteroatoms. The van der Waals surface area contributed by atoms with Gasteiger partial charge in [0.05, 0.1) is 18.8 Å². The Morgan fingerprint density at radius 3 is 2.11 bits per heavy atom. The zero-order valence-corrected chi connectivity index (χ0v) is 21.6. The number of hydrogen-bond donors (Lipinski definition) is 1. The molecule has 6 rings (SSSR count). The van der Waals surface area contributed by atoms with Gasteiger partial charge in [0, 0.05) is 29.5 Å². The summed E-state index contributed by atoms with van der Waals surface area (Å²) in [4.78, 5) is 6.84. The number of hydrogen-bond acceptors (Lipinski definition) is 4. The van der Waals surface area contributed by atoms with Crippen LogP contribution in [0.1, 0.15) is 23.5 Å². The second-order valence-corrected chi connectivity index (χ2v) is 9.29. The van der Waals surface area contributed by atoms with E-state index in [9.17, 15) is 0 Å². The molecule has 1 saturated heterocycles. The second kappa shape index (κ2) is 10.4. The van der Waals surface area contributed by atoms with E-state index >= 15 is 0 Å². The quantitative estimate of drug-likeness (QED) is 0.238. The number of aromatic nitrogens is 2. The van der Waals surface area contributed by atoms with Crippen molar-refractivity contribution in [2.75, 3.05) is 12.0 Å². The highest BCUT2D eigenvalue weighted by Gasteiger charge is 2.42. The summed E-state index contributed by atoms with van der Waals surface area (Å²) in [6, 6.07) is 35.8. The predicted molar refractivity (Wildman–Crippen MR) is 153 cm³/mol.